The number of nitrogens with zero attached hydrogens (tertiary/aromatic N) is 2. The maximum absolute atomic E-state index is 12.4. The lowest BCUT2D eigenvalue weighted by Gasteiger charge is -2.19. The Morgan fingerprint density at radius 1 is 1.15 bits per heavy atom. The fourth-order valence-electron chi connectivity index (χ4n) is 2.94. The molecule has 20 heavy (non-hydrogen) atoms. The van der Waals surface area contributed by atoms with Crippen LogP contribution in [0.5, 0.6) is 0 Å². The average molecular weight is 266 g/mol. The van der Waals surface area contributed by atoms with Gasteiger partial charge in [0.15, 0.2) is 0 Å². The van der Waals surface area contributed by atoms with Crippen LogP contribution in [-0.2, 0) is 11.2 Å². The van der Waals surface area contributed by atoms with E-state index in [1.165, 1.54) is 5.56 Å². The number of likely N-dealkylation sites (tertiary alicyclic amines) is 1. The van der Waals surface area contributed by atoms with Crippen molar-refractivity contribution in [2.45, 2.75) is 24.8 Å². The van der Waals surface area contributed by atoms with Gasteiger partial charge in [-0.3, -0.25) is 9.78 Å². The van der Waals surface area contributed by atoms with Gasteiger partial charge in [0, 0.05) is 25.5 Å². The standard InChI is InChI=1S/C17H18N2O/c1-19-15(11-13-5-3-2-4-6-13)12-16(17(19)20)14-7-9-18-10-8-14/h2-10,15-16H,11-12H2,1H3/t15-,16?/m0/s1. The van der Waals surface area contributed by atoms with Crippen LogP contribution in [0.25, 0.3) is 0 Å². The van der Waals surface area contributed by atoms with Crippen LogP contribution in [0.15, 0.2) is 54.9 Å². The molecule has 1 unspecified atom stereocenters. The summed E-state index contributed by atoms with van der Waals surface area (Å²) in [7, 11) is 1.91. The Hall–Kier alpha value is -2.16. The smallest absolute Gasteiger partial charge is 0.230 e. The third kappa shape index (κ3) is 2.44. The van der Waals surface area contributed by atoms with Gasteiger partial charge in [0.05, 0.1) is 5.92 Å². The second-order valence-electron chi connectivity index (χ2n) is 5.36. The van der Waals surface area contributed by atoms with Crippen molar-refractivity contribution in [3.8, 4) is 0 Å². The molecule has 3 heteroatoms. The SMILES string of the molecule is CN1C(=O)C(c2ccncc2)C[C@@H]1Cc1ccccc1. The molecule has 2 aromatic rings. The van der Waals surface area contributed by atoms with E-state index in [2.05, 4.69) is 17.1 Å². The summed E-state index contributed by atoms with van der Waals surface area (Å²) in [5, 5.41) is 0. The molecule has 0 aliphatic carbocycles. The molecule has 1 aliphatic rings. The van der Waals surface area contributed by atoms with Gasteiger partial charge in [0.2, 0.25) is 5.91 Å². The lowest BCUT2D eigenvalue weighted by molar-refractivity contribution is -0.128. The van der Waals surface area contributed by atoms with E-state index in [0.29, 0.717) is 0 Å². The van der Waals surface area contributed by atoms with Gasteiger partial charge in [-0.05, 0) is 36.1 Å². The Labute approximate surface area is 119 Å². The molecule has 2 atom stereocenters. The van der Waals surface area contributed by atoms with Crippen LogP contribution >= 0.6 is 0 Å². The Morgan fingerprint density at radius 3 is 2.55 bits per heavy atom. The summed E-state index contributed by atoms with van der Waals surface area (Å²) in [5.41, 5.74) is 2.36. The van der Waals surface area contributed by atoms with Gasteiger partial charge in [-0.2, -0.15) is 0 Å². The predicted octanol–water partition coefficient (Wildman–Crippen LogP) is 2.64. The van der Waals surface area contributed by atoms with Crippen molar-refractivity contribution < 1.29 is 4.79 Å². The molecule has 3 nitrogen and oxygen atoms in total. The largest absolute Gasteiger partial charge is 0.342 e. The van der Waals surface area contributed by atoms with E-state index in [1.54, 1.807) is 12.4 Å². The zero-order valence-corrected chi connectivity index (χ0v) is 11.6. The van der Waals surface area contributed by atoms with Gasteiger partial charge >= 0.3 is 0 Å². The summed E-state index contributed by atoms with van der Waals surface area (Å²) in [4.78, 5) is 18.3. The maximum atomic E-state index is 12.4. The van der Waals surface area contributed by atoms with E-state index in [9.17, 15) is 4.79 Å². The van der Waals surface area contributed by atoms with E-state index >= 15 is 0 Å². The molecule has 1 aliphatic heterocycles. The summed E-state index contributed by atoms with van der Waals surface area (Å²) in [6, 6.07) is 14.5. The predicted molar refractivity (Wildman–Crippen MR) is 78.3 cm³/mol. The highest BCUT2D eigenvalue weighted by molar-refractivity contribution is 5.86. The number of benzene rings is 1. The van der Waals surface area contributed by atoms with Gasteiger partial charge < -0.3 is 4.90 Å². The van der Waals surface area contributed by atoms with Crippen LogP contribution in [0.3, 0.4) is 0 Å². The topological polar surface area (TPSA) is 33.2 Å². The van der Waals surface area contributed by atoms with Crippen molar-refractivity contribution in [3.05, 3.63) is 66.0 Å². The third-order valence-electron chi connectivity index (χ3n) is 4.12. The minimum atomic E-state index is -0.0169. The zero-order valence-electron chi connectivity index (χ0n) is 11.6. The minimum absolute atomic E-state index is 0.0169. The van der Waals surface area contributed by atoms with Gasteiger partial charge in [0.25, 0.3) is 0 Å². The second-order valence-corrected chi connectivity index (χ2v) is 5.36. The molecule has 0 N–H and O–H groups in total. The Morgan fingerprint density at radius 2 is 1.85 bits per heavy atom. The summed E-state index contributed by atoms with van der Waals surface area (Å²) in [6.45, 7) is 0. The molecule has 2 heterocycles. The minimum Gasteiger partial charge on any atom is -0.342 e. The van der Waals surface area contributed by atoms with Gasteiger partial charge in [-0.15, -0.1) is 0 Å². The highest BCUT2D eigenvalue weighted by Crippen LogP contribution is 2.33. The number of carbonyl (C=O) groups is 1. The fourth-order valence-corrected chi connectivity index (χ4v) is 2.94. The number of hydrogen-bond acceptors (Lipinski definition) is 2. The molecule has 0 bridgehead atoms. The monoisotopic (exact) mass is 266 g/mol. The maximum Gasteiger partial charge on any atom is 0.230 e. The Bertz CT molecular complexity index is 582. The molecule has 0 saturated carbocycles. The number of pyridine rings is 1. The number of hydrogen-bond donors (Lipinski definition) is 0. The molecular weight excluding hydrogens is 248 g/mol. The first kappa shape index (κ1) is 12.9. The van der Waals surface area contributed by atoms with Crippen molar-refractivity contribution >= 4 is 5.91 Å². The lowest BCUT2D eigenvalue weighted by Crippen LogP contribution is -2.30. The van der Waals surface area contributed by atoms with E-state index < -0.39 is 0 Å². The molecule has 1 amide bonds. The van der Waals surface area contributed by atoms with Crippen molar-refractivity contribution in [1.29, 1.82) is 0 Å². The first-order chi connectivity index (χ1) is 9.75. The zero-order chi connectivity index (χ0) is 13.9. The van der Waals surface area contributed by atoms with E-state index in [0.717, 1.165) is 18.4 Å². The number of rotatable bonds is 3. The normalized spacial score (nSPS) is 22.2. The molecule has 1 aromatic carbocycles. The first-order valence-corrected chi connectivity index (χ1v) is 6.96. The van der Waals surface area contributed by atoms with Crippen molar-refractivity contribution in [3.63, 3.8) is 0 Å². The average Bonchev–Trinajstić information content (AvgIpc) is 2.78. The Kier molecular flexibility index (Phi) is 3.50. The highest BCUT2D eigenvalue weighted by Gasteiger charge is 2.37. The fraction of sp³-hybridized carbons (Fsp3) is 0.294. The number of likely N-dealkylation sites (N-methyl/N-ethyl adjacent to an activating group) is 1. The van der Waals surface area contributed by atoms with E-state index in [4.69, 9.17) is 0 Å². The van der Waals surface area contributed by atoms with Crippen LogP contribution in [0.4, 0.5) is 0 Å². The van der Waals surface area contributed by atoms with Crippen LogP contribution in [-0.4, -0.2) is 28.9 Å². The molecule has 3 rings (SSSR count). The molecule has 1 aromatic heterocycles. The number of aromatic nitrogens is 1. The third-order valence-corrected chi connectivity index (χ3v) is 4.12. The molecule has 0 spiro atoms. The van der Waals surface area contributed by atoms with Crippen molar-refractivity contribution in [1.82, 2.24) is 9.88 Å². The van der Waals surface area contributed by atoms with Crippen molar-refractivity contribution in [2.75, 3.05) is 7.05 Å². The van der Waals surface area contributed by atoms with E-state index in [-0.39, 0.29) is 17.9 Å². The van der Waals surface area contributed by atoms with Gasteiger partial charge in [0.1, 0.15) is 0 Å². The molecule has 1 saturated heterocycles. The highest BCUT2D eigenvalue weighted by atomic mass is 16.2. The summed E-state index contributed by atoms with van der Waals surface area (Å²) >= 11 is 0. The second kappa shape index (κ2) is 5.45. The lowest BCUT2D eigenvalue weighted by atomic mass is 9.94. The quantitative estimate of drug-likeness (QED) is 0.855. The first-order valence-electron chi connectivity index (χ1n) is 6.96. The molecule has 102 valence electrons. The Balaban J connectivity index is 1.77. The molecule has 1 fully saturated rings. The van der Waals surface area contributed by atoms with Gasteiger partial charge in [-0.1, -0.05) is 30.3 Å². The van der Waals surface area contributed by atoms with Crippen LogP contribution in [0.2, 0.25) is 0 Å². The molecule has 0 radical (unpaired) electrons. The van der Waals surface area contributed by atoms with Crippen LogP contribution < -0.4 is 0 Å². The van der Waals surface area contributed by atoms with Gasteiger partial charge in [-0.25, -0.2) is 0 Å². The summed E-state index contributed by atoms with van der Waals surface area (Å²) < 4.78 is 0. The van der Waals surface area contributed by atoms with Crippen LogP contribution in [0, 0.1) is 0 Å². The number of carbonyl (C=O) groups excluding carboxylic acids is 1. The van der Waals surface area contributed by atoms with Crippen LogP contribution in [0.1, 0.15) is 23.5 Å². The van der Waals surface area contributed by atoms with E-state index in [1.807, 2.05) is 42.3 Å². The van der Waals surface area contributed by atoms with Crippen molar-refractivity contribution in [2.24, 2.45) is 0 Å². The molecular formula is C17H18N2O. The number of amides is 1. The summed E-state index contributed by atoms with van der Waals surface area (Å²) in [5.74, 6) is 0.203. The summed E-state index contributed by atoms with van der Waals surface area (Å²) in [6.07, 6.45) is 5.32.